The van der Waals surface area contributed by atoms with E-state index in [0.717, 1.165) is 10.8 Å². The number of carbonyl (C=O) groups excluding carboxylic acids is 2. The monoisotopic (exact) mass is 378 g/mol. The third kappa shape index (κ3) is 2.36. The number of hydrogen-bond donors (Lipinski definition) is 0. The molecule has 5 rings (SSSR count). The van der Waals surface area contributed by atoms with Crippen LogP contribution in [0.4, 0.5) is 14.9 Å². The summed E-state index contributed by atoms with van der Waals surface area (Å²) in [6.45, 7) is 0. The molecule has 2 heterocycles. The Morgan fingerprint density at radius 2 is 1.67 bits per heavy atom. The number of thioether (sulfide) groups is 1. The summed E-state index contributed by atoms with van der Waals surface area (Å²) in [5, 5.41) is 1.31. The summed E-state index contributed by atoms with van der Waals surface area (Å²) in [5.74, 6) is -0.146. The van der Waals surface area contributed by atoms with Gasteiger partial charge in [-0.2, -0.15) is 0 Å². The van der Waals surface area contributed by atoms with Gasteiger partial charge >= 0.3 is 6.03 Å². The molecule has 2 fully saturated rings. The lowest BCUT2D eigenvalue weighted by Crippen LogP contribution is -2.34. The highest BCUT2D eigenvalue weighted by Crippen LogP contribution is 2.47. The molecule has 3 aromatic carbocycles. The Labute approximate surface area is 159 Å². The lowest BCUT2D eigenvalue weighted by atomic mass is 10.1. The van der Waals surface area contributed by atoms with Gasteiger partial charge in [-0.05, 0) is 17.5 Å². The van der Waals surface area contributed by atoms with E-state index in [1.807, 2.05) is 36.4 Å². The van der Waals surface area contributed by atoms with Gasteiger partial charge in [0.15, 0.2) is 0 Å². The molecular weight excluding hydrogens is 363 g/mol. The predicted molar refractivity (Wildman–Crippen MR) is 104 cm³/mol. The maximum atomic E-state index is 14.3. The molecule has 0 aliphatic carbocycles. The summed E-state index contributed by atoms with van der Waals surface area (Å²) < 4.78 is 14.3. The van der Waals surface area contributed by atoms with Crippen molar-refractivity contribution in [2.24, 2.45) is 0 Å². The van der Waals surface area contributed by atoms with E-state index in [9.17, 15) is 14.0 Å². The van der Waals surface area contributed by atoms with Crippen LogP contribution < -0.4 is 4.90 Å². The van der Waals surface area contributed by atoms with Gasteiger partial charge in [-0.25, -0.2) is 14.1 Å². The topological polar surface area (TPSA) is 40.6 Å². The molecule has 2 aliphatic heterocycles. The zero-order chi connectivity index (χ0) is 18.5. The van der Waals surface area contributed by atoms with Crippen molar-refractivity contribution in [3.8, 4) is 0 Å². The molecule has 0 spiro atoms. The van der Waals surface area contributed by atoms with Crippen molar-refractivity contribution in [1.82, 2.24) is 4.90 Å². The number of imide groups is 1. The smallest absolute Gasteiger partial charge is 0.295 e. The van der Waals surface area contributed by atoms with Crippen molar-refractivity contribution in [3.63, 3.8) is 0 Å². The SMILES string of the molecule is O=C1C2CSC(c3ccccc3F)N2C(=O)N1c1cccc2ccccc12. The molecule has 3 aromatic rings. The van der Waals surface area contributed by atoms with Crippen molar-refractivity contribution < 1.29 is 14.0 Å². The second kappa shape index (κ2) is 6.09. The second-order valence-corrected chi connectivity index (χ2v) is 7.70. The largest absolute Gasteiger partial charge is 0.333 e. The third-order valence-corrected chi connectivity index (χ3v) is 6.40. The van der Waals surface area contributed by atoms with Crippen LogP contribution in [0.15, 0.2) is 66.7 Å². The molecule has 2 atom stereocenters. The van der Waals surface area contributed by atoms with Crippen molar-refractivity contribution in [1.29, 1.82) is 0 Å². The van der Waals surface area contributed by atoms with E-state index < -0.39 is 11.4 Å². The molecule has 0 bridgehead atoms. The Bertz CT molecular complexity index is 1080. The maximum absolute atomic E-state index is 14.3. The maximum Gasteiger partial charge on any atom is 0.333 e. The number of urea groups is 1. The van der Waals surface area contributed by atoms with Crippen LogP contribution in [0.2, 0.25) is 0 Å². The lowest BCUT2D eigenvalue weighted by molar-refractivity contribution is -0.119. The van der Waals surface area contributed by atoms with Crippen LogP contribution in [0.1, 0.15) is 10.9 Å². The van der Waals surface area contributed by atoms with Crippen molar-refractivity contribution in [2.75, 3.05) is 10.7 Å². The third-order valence-electron chi connectivity index (χ3n) is 5.10. The van der Waals surface area contributed by atoms with Gasteiger partial charge in [-0.3, -0.25) is 9.69 Å². The van der Waals surface area contributed by atoms with E-state index in [4.69, 9.17) is 0 Å². The highest BCUT2D eigenvalue weighted by atomic mass is 32.2. The van der Waals surface area contributed by atoms with E-state index in [1.165, 1.54) is 27.6 Å². The van der Waals surface area contributed by atoms with Gasteiger partial charge in [0.05, 0.1) is 5.69 Å². The van der Waals surface area contributed by atoms with E-state index >= 15 is 0 Å². The molecule has 0 saturated carbocycles. The minimum absolute atomic E-state index is 0.248. The first-order valence-corrected chi connectivity index (χ1v) is 9.72. The highest BCUT2D eigenvalue weighted by Gasteiger charge is 2.53. The highest BCUT2D eigenvalue weighted by molar-refractivity contribution is 7.99. The minimum atomic E-state index is -0.564. The number of carbonyl (C=O) groups is 2. The fourth-order valence-corrected chi connectivity index (χ4v) is 5.27. The number of nitrogens with zero attached hydrogens (tertiary/aromatic N) is 2. The molecule has 27 heavy (non-hydrogen) atoms. The molecule has 4 nitrogen and oxygen atoms in total. The normalized spacial score (nSPS) is 22.0. The second-order valence-electron chi connectivity index (χ2n) is 6.58. The summed E-state index contributed by atoms with van der Waals surface area (Å²) in [7, 11) is 0. The molecular formula is C21H15FN2O2S. The van der Waals surface area contributed by atoms with E-state index in [1.54, 1.807) is 24.3 Å². The Balaban J connectivity index is 1.59. The number of hydrogen-bond acceptors (Lipinski definition) is 3. The number of benzene rings is 3. The first-order valence-electron chi connectivity index (χ1n) is 8.67. The first-order chi connectivity index (χ1) is 13.2. The number of amides is 3. The lowest BCUT2D eigenvalue weighted by Gasteiger charge is -2.23. The van der Waals surface area contributed by atoms with Gasteiger partial charge in [0.1, 0.15) is 17.2 Å². The number of rotatable bonds is 2. The number of fused-ring (bicyclic) bond motifs is 2. The van der Waals surface area contributed by atoms with Crippen LogP contribution in [-0.2, 0) is 4.79 Å². The van der Waals surface area contributed by atoms with Crippen molar-refractivity contribution in [3.05, 3.63) is 78.1 Å². The van der Waals surface area contributed by atoms with Crippen LogP contribution in [-0.4, -0.2) is 28.6 Å². The molecule has 134 valence electrons. The first kappa shape index (κ1) is 16.3. The molecule has 0 radical (unpaired) electrons. The zero-order valence-corrected chi connectivity index (χ0v) is 15.0. The molecule has 2 saturated heterocycles. The standard InChI is InChI=1S/C21H15FN2O2S/c22-16-10-4-3-9-15(16)20-24-18(12-27-20)19(25)23(21(24)26)17-11-5-7-13-6-1-2-8-14(13)17/h1-11,18,20H,12H2. The Hall–Kier alpha value is -2.86. The van der Waals surface area contributed by atoms with E-state index in [0.29, 0.717) is 17.0 Å². The summed E-state index contributed by atoms with van der Waals surface area (Å²) in [4.78, 5) is 29.1. The fourth-order valence-electron chi connectivity index (χ4n) is 3.83. The van der Waals surface area contributed by atoms with Crippen molar-refractivity contribution >= 4 is 40.2 Å². The molecule has 2 unspecified atom stereocenters. The van der Waals surface area contributed by atoms with Gasteiger partial charge in [0, 0.05) is 16.7 Å². The van der Waals surface area contributed by atoms with Gasteiger partial charge in [0.25, 0.3) is 5.91 Å². The number of anilines is 1. The summed E-state index contributed by atoms with van der Waals surface area (Å²) in [6, 6.07) is 18.7. The molecule has 2 aliphatic rings. The van der Waals surface area contributed by atoms with Gasteiger partial charge in [-0.1, -0.05) is 54.6 Å². The Morgan fingerprint density at radius 1 is 0.926 bits per heavy atom. The predicted octanol–water partition coefficient (Wildman–Crippen LogP) is 4.56. The fraction of sp³-hybridized carbons (Fsp3) is 0.143. The molecule has 6 heteroatoms. The quantitative estimate of drug-likeness (QED) is 0.614. The van der Waals surface area contributed by atoms with Crippen LogP contribution in [0, 0.1) is 5.82 Å². The Kier molecular flexibility index (Phi) is 3.68. The van der Waals surface area contributed by atoms with E-state index in [2.05, 4.69) is 0 Å². The van der Waals surface area contributed by atoms with Gasteiger partial charge in [0.2, 0.25) is 0 Å². The summed E-state index contributed by atoms with van der Waals surface area (Å²) in [6.07, 6.45) is 0. The molecule has 0 aromatic heterocycles. The summed E-state index contributed by atoms with van der Waals surface area (Å²) >= 11 is 1.43. The van der Waals surface area contributed by atoms with Crippen molar-refractivity contribution in [2.45, 2.75) is 11.4 Å². The zero-order valence-electron chi connectivity index (χ0n) is 14.2. The average Bonchev–Trinajstić information content (AvgIpc) is 3.22. The minimum Gasteiger partial charge on any atom is -0.295 e. The van der Waals surface area contributed by atoms with Gasteiger partial charge in [-0.15, -0.1) is 11.8 Å². The van der Waals surface area contributed by atoms with E-state index in [-0.39, 0.29) is 17.8 Å². The van der Waals surface area contributed by atoms with Crippen LogP contribution in [0.5, 0.6) is 0 Å². The van der Waals surface area contributed by atoms with Crippen LogP contribution in [0.25, 0.3) is 10.8 Å². The van der Waals surface area contributed by atoms with Crippen LogP contribution >= 0.6 is 11.8 Å². The average molecular weight is 378 g/mol. The summed E-state index contributed by atoms with van der Waals surface area (Å²) in [5.41, 5.74) is 1.01. The van der Waals surface area contributed by atoms with Crippen LogP contribution in [0.3, 0.4) is 0 Å². The molecule has 0 N–H and O–H groups in total. The Morgan fingerprint density at radius 3 is 2.52 bits per heavy atom. The molecule has 3 amide bonds. The van der Waals surface area contributed by atoms with Gasteiger partial charge < -0.3 is 0 Å². The number of halogens is 1.